The van der Waals surface area contributed by atoms with E-state index in [2.05, 4.69) is 26.2 Å². The van der Waals surface area contributed by atoms with Crippen molar-refractivity contribution in [3.63, 3.8) is 0 Å². The van der Waals surface area contributed by atoms with Crippen molar-refractivity contribution in [2.24, 2.45) is 5.73 Å². The van der Waals surface area contributed by atoms with Gasteiger partial charge in [-0.15, -0.1) is 0 Å². The Balaban J connectivity index is 2.13. The maximum absolute atomic E-state index is 12.0. The number of halogens is 1. The quantitative estimate of drug-likeness (QED) is 0.756. The maximum atomic E-state index is 12.0. The molecule has 2 rings (SSSR count). The normalized spacial score (nSPS) is 10.4. The summed E-state index contributed by atoms with van der Waals surface area (Å²) >= 11 is 3.23. The first-order chi connectivity index (χ1) is 10.0. The molecule has 0 radical (unpaired) electrons. The summed E-state index contributed by atoms with van der Waals surface area (Å²) in [6.07, 6.45) is 3.13. The Labute approximate surface area is 128 Å². The highest BCUT2D eigenvalue weighted by atomic mass is 79.9. The number of carbonyl (C=O) groups is 2. The van der Waals surface area contributed by atoms with Gasteiger partial charge in [0.05, 0.1) is 17.6 Å². The van der Waals surface area contributed by atoms with Gasteiger partial charge in [0.1, 0.15) is 5.69 Å². The number of aromatic nitrogens is 2. The van der Waals surface area contributed by atoms with Gasteiger partial charge in [-0.05, 0) is 34.1 Å². The van der Waals surface area contributed by atoms with E-state index in [4.69, 9.17) is 10.8 Å². The lowest BCUT2D eigenvalue weighted by atomic mass is 10.2. The minimum absolute atomic E-state index is 0.132. The number of aromatic carboxylic acids is 1. The van der Waals surface area contributed by atoms with E-state index in [1.165, 1.54) is 24.5 Å². The summed E-state index contributed by atoms with van der Waals surface area (Å²) in [6.45, 7) is 1.04. The van der Waals surface area contributed by atoms with E-state index in [0.717, 1.165) is 0 Å². The molecule has 0 aliphatic carbocycles. The zero-order valence-electron chi connectivity index (χ0n) is 10.9. The molecule has 0 saturated heterocycles. The van der Waals surface area contributed by atoms with Crippen molar-refractivity contribution in [3.8, 4) is 0 Å². The average Bonchev–Trinajstić information content (AvgIpc) is 2.90. The molecule has 8 heteroatoms. The van der Waals surface area contributed by atoms with E-state index in [-0.39, 0.29) is 17.2 Å². The molecule has 0 bridgehead atoms. The fourth-order valence-electron chi connectivity index (χ4n) is 1.68. The van der Waals surface area contributed by atoms with Crippen LogP contribution >= 0.6 is 15.9 Å². The van der Waals surface area contributed by atoms with Crippen molar-refractivity contribution in [3.05, 3.63) is 46.5 Å². The lowest BCUT2D eigenvalue weighted by Gasteiger charge is -2.06. The minimum atomic E-state index is -1.03. The fraction of sp³-hybridized carbons (Fsp3) is 0.154. The maximum Gasteiger partial charge on any atom is 0.335 e. The number of nitrogens with two attached hydrogens (primary N) is 1. The molecule has 0 spiro atoms. The molecular weight excluding hydrogens is 340 g/mol. The predicted octanol–water partition coefficient (Wildman–Crippen LogP) is 1.55. The van der Waals surface area contributed by atoms with Gasteiger partial charge in [-0.1, -0.05) is 0 Å². The van der Waals surface area contributed by atoms with Crippen LogP contribution in [0.2, 0.25) is 0 Å². The lowest BCUT2D eigenvalue weighted by Crippen LogP contribution is -2.13. The van der Waals surface area contributed by atoms with E-state index < -0.39 is 5.97 Å². The van der Waals surface area contributed by atoms with Crippen molar-refractivity contribution < 1.29 is 14.7 Å². The van der Waals surface area contributed by atoms with Crippen LogP contribution in [0, 0.1) is 0 Å². The van der Waals surface area contributed by atoms with Crippen LogP contribution in [0.4, 0.5) is 5.69 Å². The summed E-state index contributed by atoms with van der Waals surface area (Å²) < 4.78 is 2.20. The number of anilines is 1. The molecule has 1 aromatic carbocycles. The minimum Gasteiger partial charge on any atom is -0.478 e. The monoisotopic (exact) mass is 352 g/mol. The standard InChI is InChI=1S/C13H13BrN4O3/c14-9-5-8(13(20)21)1-2-10(9)17-12(19)11-6-18(4-3-15)7-16-11/h1-2,5-7H,3-4,15H2,(H,17,19)(H,20,21). The van der Waals surface area contributed by atoms with E-state index in [9.17, 15) is 9.59 Å². The second-order valence-electron chi connectivity index (χ2n) is 4.24. The predicted molar refractivity (Wildman–Crippen MR) is 80.3 cm³/mol. The largest absolute Gasteiger partial charge is 0.478 e. The average molecular weight is 353 g/mol. The lowest BCUT2D eigenvalue weighted by molar-refractivity contribution is 0.0696. The molecule has 0 saturated carbocycles. The molecule has 4 N–H and O–H groups in total. The van der Waals surface area contributed by atoms with Crippen LogP contribution in [-0.2, 0) is 6.54 Å². The van der Waals surface area contributed by atoms with Crippen molar-refractivity contribution in [2.75, 3.05) is 11.9 Å². The molecule has 1 heterocycles. The van der Waals surface area contributed by atoms with Crippen LogP contribution in [-0.4, -0.2) is 33.1 Å². The number of benzene rings is 1. The van der Waals surface area contributed by atoms with Gasteiger partial charge >= 0.3 is 5.97 Å². The van der Waals surface area contributed by atoms with E-state index in [0.29, 0.717) is 23.2 Å². The molecule has 0 fully saturated rings. The third kappa shape index (κ3) is 3.67. The van der Waals surface area contributed by atoms with Crippen LogP contribution < -0.4 is 11.1 Å². The number of nitrogens with one attached hydrogen (secondary N) is 1. The van der Waals surface area contributed by atoms with Crippen LogP contribution in [0.15, 0.2) is 35.2 Å². The molecule has 1 aromatic heterocycles. The SMILES string of the molecule is NCCn1cnc(C(=O)Nc2ccc(C(=O)O)cc2Br)c1. The van der Waals surface area contributed by atoms with Crippen LogP contribution in [0.5, 0.6) is 0 Å². The number of carbonyl (C=O) groups excluding carboxylic acids is 1. The summed E-state index contributed by atoms with van der Waals surface area (Å²) in [5.41, 5.74) is 6.29. The Bertz CT molecular complexity index is 684. The van der Waals surface area contributed by atoms with E-state index in [1.54, 1.807) is 10.8 Å². The van der Waals surface area contributed by atoms with E-state index in [1.807, 2.05) is 0 Å². The zero-order chi connectivity index (χ0) is 15.4. The molecule has 0 unspecified atom stereocenters. The number of carboxylic acids is 1. The van der Waals surface area contributed by atoms with Crippen molar-refractivity contribution in [1.82, 2.24) is 9.55 Å². The molecular formula is C13H13BrN4O3. The first-order valence-corrected chi connectivity index (χ1v) is 6.86. The summed E-state index contributed by atoms with van der Waals surface area (Å²) in [6, 6.07) is 4.35. The number of hydrogen-bond acceptors (Lipinski definition) is 4. The smallest absolute Gasteiger partial charge is 0.335 e. The molecule has 110 valence electrons. The van der Waals surface area contributed by atoms with Gasteiger partial charge in [0.25, 0.3) is 5.91 Å². The van der Waals surface area contributed by atoms with Crippen LogP contribution in [0.3, 0.4) is 0 Å². The highest BCUT2D eigenvalue weighted by molar-refractivity contribution is 9.10. The molecule has 0 aliphatic rings. The van der Waals surface area contributed by atoms with Gasteiger partial charge in [-0.3, -0.25) is 4.79 Å². The van der Waals surface area contributed by atoms with Crippen molar-refractivity contribution in [2.45, 2.75) is 6.54 Å². The fourth-order valence-corrected chi connectivity index (χ4v) is 2.16. The van der Waals surface area contributed by atoms with Gasteiger partial charge in [0, 0.05) is 23.8 Å². The number of rotatable bonds is 5. The zero-order valence-corrected chi connectivity index (χ0v) is 12.5. The number of hydrogen-bond donors (Lipinski definition) is 3. The molecule has 0 aliphatic heterocycles. The summed E-state index contributed by atoms with van der Waals surface area (Å²) in [4.78, 5) is 26.9. The van der Waals surface area contributed by atoms with Gasteiger partial charge in [-0.2, -0.15) is 0 Å². The first kappa shape index (κ1) is 15.2. The van der Waals surface area contributed by atoms with E-state index >= 15 is 0 Å². The second-order valence-corrected chi connectivity index (χ2v) is 5.09. The first-order valence-electron chi connectivity index (χ1n) is 6.07. The molecule has 2 aromatic rings. The number of imidazole rings is 1. The topological polar surface area (TPSA) is 110 Å². The van der Waals surface area contributed by atoms with Gasteiger partial charge in [-0.25, -0.2) is 9.78 Å². The Morgan fingerprint density at radius 2 is 2.19 bits per heavy atom. The second kappa shape index (κ2) is 6.51. The summed E-state index contributed by atoms with van der Waals surface area (Å²) in [5, 5.41) is 11.5. The molecule has 21 heavy (non-hydrogen) atoms. The number of nitrogens with zero attached hydrogens (tertiary/aromatic N) is 2. The van der Waals surface area contributed by atoms with Crippen LogP contribution in [0.1, 0.15) is 20.8 Å². The highest BCUT2D eigenvalue weighted by Gasteiger charge is 2.12. The Kier molecular flexibility index (Phi) is 4.71. The Hall–Kier alpha value is -2.19. The molecule has 0 atom stereocenters. The number of carboxylic acid groups (broad SMARTS) is 1. The van der Waals surface area contributed by atoms with Gasteiger partial charge < -0.3 is 20.7 Å². The Morgan fingerprint density at radius 1 is 1.43 bits per heavy atom. The van der Waals surface area contributed by atoms with Crippen molar-refractivity contribution in [1.29, 1.82) is 0 Å². The summed E-state index contributed by atoms with van der Waals surface area (Å²) in [5.74, 6) is -1.41. The third-order valence-electron chi connectivity index (χ3n) is 2.72. The third-order valence-corrected chi connectivity index (χ3v) is 3.37. The molecule has 7 nitrogen and oxygen atoms in total. The molecule has 1 amide bonds. The van der Waals surface area contributed by atoms with Crippen molar-refractivity contribution >= 4 is 33.5 Å². The van der Waals surface area contributed by atoms with Crippen LogP contribution in [0.25, 0.3) is 0 Å². The van der Waals surface area contributed by atoms with Gasteiger partial charge in [0.15, 0.2) is 0 Å². The van der Waals surface area contributed by atoms with Gasteiger partial charge in [0.2, 0.25) is 0 Å². The number of amides is 1. The summed E-state index contributed by atoms with van der Waals surface area (Å²) in [7, 11) is 0. The Morgan fingerprint density at radius 3 is 2.81 bits per heavy atom. The highest BCUT2D eigenvalue weighted by Crippen LogP contribution is 2.24.